The van der Waals surface area contributed by atoms with Gasteiger partial charge in [0.25, 0.3) is 5.91 Å². The molecule has 4 rings (SSSR count). The van der Waals surface area contributed by atoms with Gasteiger partial charge in [-0.1, -0.05) is 29.5 Å². The van der Waals surface area contributed by atoms with E-state index in [0.717, 1.165) is 11.5 Å². The number of hydrogen-bond acceptors (Lipinski definition) is 5. The number of aromatic nitrogens is 2. The molecule has 36 heavy (non-hydrogen) atoms. The number of anilines is 2. The number of pyridine rings is 2. The van der Waals surface area contributed by atoms with Crippen molar-refractivity contribution in [2.24, 2.45) is 0 Å². The molecule has 1 amide bonds. The molecule has 0 radical (unpaired) electrons. The van der Waals surface area contributed by atoms with E-state index < -0.39 is 23.2 Å². The molecule has 0 atom stereocenters. The molecule has 0 aliphatic carbocycles. The van der Waals surface area contributed by atoms with Crippen molar-refractivity contribution in [2.45, 2.75) is 13.1 Å². The molecule has 10 heteroatoms. The molecule has 0 saturated heterocycles. The van der Waals surface area contributed by atoms with Crippen LogP contribution in [-0.2, 0) is 6.18 Å². The van der Waals surface area contributed by atoms with Gasteiger partial charge in [-0.2, -0.15) is 18.4 Å². The largest absolute Gasteiger partial charge is 0.417 e. The third kappa shape index (κ3) is 5.07. The minimum absolute atomic E-state index is 0.0603. The van der Waals surface area contributed by atoms with Crippen LogP contribution in [0, 0.1) is 30.1 Å². The Balaban J connectivity index is 1.67. The molecule has 2 heterocycles. The molecule has 3 N–H and O–H groups in total. The topological polar surface area (TPSA) is 105 Å². The van der Waals surface area contributed by atoms with Crippen LogP contribution >= 0.6 is 11.6 Å². The van der Waals surface area contributed by atoms with Crippen LogP contribution in [-0.4, -0.2) is 15.9 Å². The second kappa shape index (κ2) is 9.57. The first-order chi connectivity index (χ1) is 17.1. The number of carbonyl (C=O) groups excluding carboxylic acids is 1. The lowest BCUT2D eigenvalue weighted by Gasteiger charge is -2.11. The fourth-order valence-corrected chi connectivity index (χ4v) is 3.56. The molecule has 4 aromatic rings. The van der Waals surface area contributed by atoms with Crippen molar-refractivity contribution in [3.63, 3.8) is 0 Å². The lowest BCUT2D eigenvalue weighted by molar-refractivity contribution is -0.137. The van der Waals surface area contributed by atoms with Crippen LogP contribution in [0.25, 0.3) is 10.8 Å². The second-order valence-corrected chi connectivity index (χ2v) is 8.14. The Hall–Kier alpha value is -4.60. The maximum absolute atomic E-state index is 13.2. The molecule has 0 saturated carbocycles. The fourth-order valence-electron chi connectivity index (χ4n) is 3.39. The van der Waals surface area contributed by atoms with Crippen molar-refractivity contribution in [1.82, 2.24) is 9.97 Å². The van der Waals surface area contributed by atoms with Crippen LogP contribution in [0.2, 0.25) is 5.02 Å². The van der Waals surface area contributed by atoms with Crippen LogP contribution in [0.15, 0.2) is 54.9 Å². The maximum atomic E-state index is 13.2. The summed E-state index contributed by atoms with van der Waals surface area (Å²) in [6, 6.07) is 11.1. The van der Waals surface area contributed by atoms with Gasteiger partial charge in [0.1, 0.15) is 11.5 Å². The molecule has 0 aliphatic heterocycles. The minimum Gasteiger partial charge on any atom is -0.383 e. The summed E-state index contributed by atoms with van der Waals surface area (Å²) in [6.45, 7) is 1.75. The number of nitrogens with zero attached hydrogens (tertiary/aromatic N) is 3. The van der Waals surface area contributed by atoms with Gasteiger partial charge < -0.3 is 11.1 Å². The number of halogens is 4. The number of nitriles is 1. The number of amides is 1. The first kappa shape index (κ1) is 24.5. The van der Waals surface area contributed by atoms with Gasteiger partial charge in [-0.25, -0.2) is 4.98 Å². The molecule has 2 aromatic carbocycles. The van der Waals surface area contributed by atoms with Crippen LogP contribution in [0.3, 0.4) is 0 Å². The number of aryl methyl sites for hydroxylation is 1. The average Bonchev–Trinajstić information content (AvgIpc) is 2.83. The number of hydrogen-bond donors (Lipinski definition) is 2. The summed E-state index contributed by atoms with van der Waals surface area (Å²) in [5.74, 6) is 5.42. The lowest BCUT2D eigenvalue weighted by atomic mass is 10.1. The molecule has 0 spiro atoms. The number of fused-ring (bicyclic) bond motifs is 1. The fraction of sp³-hybridized carbons (Fsp3) is 0.0769. The minimum atomic E-state index is -4.75. The number of benzene rings is 2. The number of nitrogens with one attached hydrogen (secondary N) is 1. The van der Waals surface area contributed by atoms with E-state index in [1.165, 1.54) is 24.4 Å². The van der Waals surface area contributed by atoms with E-state index in [1.807, 2.05) is 0 Å². The molecule has 178 valence electrons. The molecule has 0 bridgehead atoms. The summed E-state index contributed by atoms with van der Waals surface area (Å²) in [5, 5.41) is 13.3. The van der Waals surface area contributed by atoms with Crippen molar-refractivity contribution in [2.75, 3.05) is 11.1 Å². The van der Waals surface area contributed by atoms with Gasteiger partial charge in [-0.3, -0.25) is 9.78 Å². The highest BCUT2D eigenvalue weighted by Crippen LogP contribution is 2.33. The van der Waals surface area contributed by atoms with E-state index in [9.17, 15) is 18.0 Å². The van der Waals surface area contributed by atoms with Crippen LogP contribution in [0.4, 0.5) is 24.7 Å². The van der Waals surface area contributed by atoms with E-state index in [4.69, 9.17) is 22.6 Å². The third-order valence-electron chi connectivity index (χ3n) is 5.24. The summed E-state index contributed by atoms with van der Waals surface area (Å²) in [6.07, 6.45) is -1.71. The van der Waals surface area contributed by atoms with Gasteiger partial charge in [0.05, 0.1) is 22.8 Å². The van der Waals surface area contributed by atoms with Crippen molar-refractivity contribution < 1.29 is 18.0 Å². The summed E-state index contributed by atoms with van der Waals surface area (Å²) < 4.78 is 39.7. The molecular weight excluding hydrogens is 491 g/mol. The zero-order valence-corrected chi connectivity index (χ0v) is 19.3. The quantitative estimate of drug-likeness (QED) is 0.339. The zero-order chi connectivity index (χ0) is 26.0. The number of alkyl halides is 3. The maximum Gasteiger partial charge on any atom is 0.417 e. The lowest BCUT2D eigenvalue weighted by Crippen LogP contribution is -2.15. The molecule has 0 aliphatic rings. The van der Waals surface area contributed by atoms with Crippen LogP contribution in [0.5, 0.6) is 0 Å². The summed E-state index contributed by atoms with van der Waals surface area (Å²) in [7, 11) is 0. The second-order valence-electron chi connectivity index (χ2n) is 7.71. The SMILES string of the molecule is Cc1cnc(C(=O)Nc2ccc(C#N)c(C(F)(F)F)c2)cc1C#Cc1c(N)ncc2ccc(Cl)cc12. The zero-order valence-electron chi connectivity index (χ0n) is 18.5. The van der Waals surface area contributed by atoms with Gasteiger partial charge >= 0.3 is 6.18 Å². The Kier molecular flexibility index (Phi) is 6.52. The Bertz CT molecular complexity index is 1630. The molecule has 0 fully saturated rings. The standard InChI is InChI=1S/C26H15ClF3N5O/c1-14-12-33-23(25(36)35-19-6-3-16(11-31)22(10-19)26(28,29)30)8-15(14)4-7-20-21-9-18(27)5-2-17(21)13-34-24(20)32/h2-3,5-6,8-10,12-13H,1H3,(H2,32,34)(H,35,36). The average molecular weight is 506 g/mol. The highest BCUT2D eigenvalue weighted by molar-refractivity contribution is 6.31. The highest BCUT2D eigenvalue weighted by atomic mass is 35.5. The van der Waals surface area contributed by atoms with Crippen molar-refractivity contribution in [1.29, 1.82) is 5.26 Å². The van der Waals surface area contributed by atoms with Gasteiger partial charge in [0, 0.05) is 39.4 Å². The Morgan fingerprint density at radius 2 is 1.83 bits per heavy atom. The van der Waals surface area contributed by atoms with Gasteiger partial charge in [-0.05, 0) is 48.9 Å². The molecule has 6 nitrogen and oxygen atoms in total. The van der Waals surface area contributed by atoms with Crippen molar-refractivity contribution in [3.05, 3.63) is 93.4 Å². The third-order valence-corrected chi connectivity index (χ3v) is 5.48. The first-order valence-electron chi connectivity index (χ1n) is 10.3. The summed E-state index contributed by atoms with van der Waals surface area (Å²) in [5.41, 5.74) is 5.75. The van der Waals surface area contributed by atoms with Gasteiger partial charge in [-0.15, -0.1) is 0 Å². The van der Waals surface area contributed by atoms with Gasteiger partial charge in [0.15, 0.2) is 0 Å². The van der Waals surface area contributed by atoms with Crippen molar-refractivity contribution >= 4 is 39.8 Å². The molecule has 2 aromatic heterocycles. The normalized spacial score (nSPS) is 10.9. The van der Waals surface area contributed by atoms with Crippen LogP contribution in [0.1, 0.15) is 38.3 Å². The van der Waals surface area contributed by atoms with Gasteiger partial charge in [0.2, 0.25) is 0 Å². The van der Waals surface area contributed by atoms with Crippen molar-refractivity contribution in [3.8, 4) is 17.9 Å². The summed E-state index contributed by atoms with van der Waals surface area (Å²) >= 11 is 6.12. The first-order valence-corrected chi connectivity index (χ1v) is 10.7. The van der Waals surface area contributed by atoms with E-state index >= 15 is 0 Å². The van der Waals surface area contributed by atoms with E-state index in [2.05, 4.69) is 27.1 Å². The Labute approximate surface area is 208 Å². The smallest absolute Gasteiger partial charge is 0.383 e. The van der Waals surface area contributed by atoms with Crippen LogP contribution < -0.4 is 11.1 Å². The van der Waals surface area contributed by atoms with E-state index in [-0.39, 0.29) is 17.2 Å². The Morgan fingerprint density at radius 1 is 1.06 bits per heavy atom. The predicted molar refractivity (Wildman–Crippen MR) is 130 cm³/mol. The molecule has 0 unspecified atom stereocenters. The monoisotopic (exact) mass is 505 g/mol. The number of nitrogens with two attached hydrogens (primary N) is 1. The summed E-state index contributed by atoms with van der Waals surface area (Å²) in [4.78, 5) is 20.9. The van der Waals surface area contributed by atoms with E-state index in [0.29, 0.717) is 33.2 Å². The van der Waals surface area contributed by atoms with E-state index in [1.54, 1.807) is 31.3 Å². The Morgan fingerprint density at radius 3 is 2.56 bits per heavy atom. The number of carbonyl (C=O) groups is 1. The number of rotatable bonds is 2. The highest BCUT2D eigenvalue weighted by Gasteiger charge is 2.34. The molecular formula is C26H15ClF3N5O. The predicted octanol–water partition coefficient (Wildman–Crippen LogP) is 5.72. The number of nitrogen functional groups attached to an aromatic ring is 1.